The number of fused-ring (bicyclic) bond motifs is 1. The Bertz CT molecular complexity index is 1030. The van der Waals surface area contributed by atoms with E-state index in [1.54, 1.807) is 10.6 Å². The van der Waals surface area contributed by atoms with E-state index in [0.717, 1.165) is 28.0 Å². The van der Waals surface area contributed by atoms with Gasteiger partial charge in [-0.1, -0.05) is 6.07 Å². The van der Waals surface area contributed by atoms with Crippen molar-refractivity contribution >= 4 is 17.2 Å². The van der Waals surface area contributed by atoms with Crippen molar-refractivity contribution in [2.75, 3.05) is 0 Å². The highest BCUT2D eigenvalue weighted by Crippen LogP contribution is 2.13. The number of carbonyl (C=O) groups excluding carboxylic acids is 1. The van der Waals surface area contributed by atoms with Gasteiger partial charge in [-0.05, 0) is 18.6 Å². The summed E-state index contributed by atoms with van der Waals surface area (Å²) in [5.41, 5.74) is 5.83. The molecule has 3 rings (SSSR count). The minimum Gasteiger partial charge on any atom is -0.365 e. The molecule has 0 saturated carbocycles. The van der Waals surface area contributed by atoms with Gasteiger partial charge in [-0.25, -0.2) is 4.98 Å². The van der Waals surface area contributed by atoms with Crippen molar-refractivity contribution in [3.05, 3.63) is 74.1 Å². The fourth-order valence-corrected chi connectivity index (χ4v) is 2.47. The van der Waals surface area contributed by atoms with Gasteiger partial charge in [0.2, 0.25) is 0 Å². The smallest absolute Gasteiger partial charge is 0.286 e. The Kier molecular flexibility index (Phi) is 3.60. The number of aromatic nitrogens is 3. The lowest BCUT2D eigenvalue weighted by Gasteiger charge is -2.05. The highest BCUT2D eigenvalue weighted by atomic mass is 16.6. The van der Waals surface area contributed by atoms with E-state index in [-0.39, 0.29) is 12.2 Å². The largest absolute Gasteiger partial charge is 0.365 e. The maximum absolute atomic E-state index is 12.3. The van der Waals surface area contributed by atoms with Crippen LogP contribution in [0.5, 0.6) is 0 Å². The van der Waals surface area contributed by atoms with Crippen LogP contribution in [0.2, 0.25) is 0 Å². The molecule has 122 valence electrons. The molecule has 0 unspecified atom stereocenters. The Morgan fingerprint density at radius 2 is 2.17 bits per heavy atom. The predicted octanol–water partition coefficient (Wildman–Crippen LogP) is 0.860. The van der Waals surface area contributed by atoms with E-state index < -0.39 is 22.0 Å². The van der Waals surface area contributed by atoms with Crippen molar-refractivity contribution in [1.82, 2.24) is 14.0 Å². The number of hydrogen-bond acceptors (Lipinski definition) is 5. The van der Waals surface area contributed by atoms with Crippen LogP contribution in [0.25, 0.3) is 5.65 Å². The summed E-state index contributed by atoms with van der Waals surface area (Å²) in [6.45, 7) is 1.89. The van der Waals surface area contributed by atoms with Gasteiger partial charge in [-0.3, -0.25) is 19.7 Å². The van der Waals surface area contributed by atoms with E-state index in [0.29, 0.717) is 5.69 Å². The maximum atomic E-state index is 12.3. The summed E-state index contributed by atoms with van der Waals surface area (Å²) in [4.78, 5) is 38.4. The van der Waals surface area contributed by atoms with Crippen molar-refractivity contribution in [3.8, 4) is 0 Å². The molecule has 3 heterocycles. The van der Waals surface area contributed by atoms with Crippen molar-refractivity contribution in [2.24, 2.45) is 5.73 Å². The van der Waals surface area contributed by atoms with E-state index in [9.17, 15) is 19.7 Å². The Balaban J connectivity index is 2.11. The number of rotatable bonds is 4. The minimum atomic E-state index is -1.01. The van der Waals surface area contributed by atoms with Crippen LogP contribution in [-0.4, -0.2) is 24.8 Å². The summed E-state index contributed by atoms with van der Waals surface area (Å²) in [6.07, 6.45) is 4.60. The summed E-state index contributed by atoms with van der Waals surface area (Å²) >= 11 is 0. The molecule has 0 bridgehead atoms. The summed E-state index contributed by atoms with van der Waals surface area (Å²) in [5, 5.41) is 11.0. The lowest BCUT2D eigenvalue weighted by molar-refractivity contribution is -0.385. The second-order valence-corrected chi connectivity index (χ2v) is 5.32. The normalized spacial score (nSPS) is 10.9. The molecule has 9 nitrogen and oxygen atoms in total. The number of pyridine rings is 2. The van der Waals surface area contributed by atoms with Gasteiger partial charge >= 0.3 is 0 Å². The zero-order chi connectivity index (χ0) is 17.4. The van der Waals surface area contributed by atoms with Gasteiger partial charge < -0.3 is 14.7 Å². The monoisotopic (exact) mass is 327 g/mol. The highest BCUT2D eigenvalue weighted by Gasteiger charge is 2.18. The summed E-state index contributed by atoms with van der Waals surface area (Å²) in [6, 6.07) is 4.64. The van der Waals surface area contributed by atoms with E-state index in [4.69, 9.17) is 5.73 Å². The van der Waals surface area contributed by atoms with Crippen LogP contribution >= 0.6 is 0 Å². The Morgan fingerprint density at radius 3 is 2.79 bits per heavy atom. The van der Waals surface area contributed by atoms with Crippen LogP contribution < -0.4 is 11.3 Å². The molecule has 0 aliphatic carbocycles. The van der Waals surface area contributed by atoms with Crippen molar-refractivity contribution in [2.45, 2.75) is 13.5 Å². The highest BCUT2D eigenvalue weighted by molar-refractivity contribution is 5.92. The molecule has 0 radical (unpaired) electrons. The molecule has 0 saturated heterocycles. The topological polar surface area (TPSA) is 126 Å². The van der Waals surface area contributed by atoms with Crippen LogP contribution in [0, 0.1) is 17.0 Å². The van der Waals surface area contributed by atoms with E-state index in [1.807, 2.05) is 25.3 Å². The van der Waals surface area contributed by atoms with Crippen LogP contribution in [0.3, 0.4) is 0 Å². The van der Waals surface area contributed by atoms with Gasteiger partial charge in [0.05, 0.1) is 23.4 Å². The summed E-state index contributed by atoms with van der Waals surface area (Å²) in [5.74, 6) is -1.01. The van der Waals surface area contributed by atoms with Gasteiger partial charge in [-0.2, -0.15) is 0 Å². The number of primary amides is 1. The molecule has 1 amide bonds. The van der Waals surface area contributed by atoms with Crippen molar-refractivity contribution < 1.29 is 9.72 Å². The second kappa shape index (κ2) is 5.61. The first-order chi connectivity index (χ1) is 11.4. The van der Waals surface area contributed by atoms with Crippen LogP contribution in [0.4, 0.5) is 5.69 Å². The molecule has 3 aromatic heterocycles. The molecule has 3 aromatic rings. The molecule has 2 N–H and O–H groups in total. The quantitative estimate of drug-likeness (QED) is 0.562. The maximum Gasteiger partial charge on any atom is 0.286 e. The molecule has 9 heteroatoms. The SMILES string of the molecule is Cc1cccn2cc(Cn3cc([N+](=O)[O-])cc(C(N)=O)c3=O)nc12. The average molecular weight is 327 g/mol. The number of hydrogen-bond donors (Lipinski definition) is 1. The number of nitro groups is 1. The lowest BCUT2D eigenvalue weighted by atomic mass is 10.2. The number of amides is 1. The standard InChI is InChI=1S/C15H13N5O4/c1-9-3-2-4-18-6-10(17-14(9)18)7-19-8-11(20(23)24)5-12(13(16)21)15(19)22/h2-6,8H,7H2,1H3,(H2,16,21). The number of nitrogens with two attached hydrogens (primary N) is 1. The summed E-state index contributed by atoms with van der Waals surface area (Å²) in [7, 11) is 0. The van der Waals surface area contributed by atoms with Crippen LogP contribution in [-0.2, 0) is 6.54 Å². The third-order valence-corrected chi connectivity index (χ3v) is 3.61. The number of carbonyl (C=O) groups is 1. The molecular formula is C15H13N5O4. The average Bonchev–Trinajstić information content (AvgIpc) is 2.92. The van der Waals surface area contributed by atoms with Gasteiger partial charge in [0, 0.05) is 18.5 Å². The molecule has 0 aromatic carbocycles. The first-order valence-corrected chi connectivity index (χ1v) is 6.98. The zero-order valence-corrected chi connectivity index (χ0v) is 12.7. The van der Waals surface area contributed by atoms with Crippen molar-refractivity contribution in [1.29, 1.82) is 0 Å². The molecule has 0 aliphatic heterocycles. The molecule has 0 atom stereocenters. The minimum absolute atomic E-state index is 0.0120. The van der Waals surface area contributed by atoms with Crippen molar-refractivity contribution in [3.63, 3.8) is 0 Å². The first-order valence-electron chi connectivity index (χ1n) is 6.98. The van der Waals surface area contributed by atoms with Crippen LogP contribution in [0.15, 0.2) is 41.6 Å². The van der Waals surface area contributed by atoms with Crippen LogP contribution in [0.1, 0.15) is 21.6 Å². The molecule has 24 heavy (non-hydrogen) atoms. The van der Waals surface area contributed by atoms with E-state index in [2.05, 4.69) is 4.98 Å². The molecular weight excluding hydrogens is 314 g/mol. The second-order valence-electron chi connectivity index (χ2n) is 5.32. The molecule has 0 fully saturated rings. The zero-order valence-electron chi connectivity index (χ0n) is 12.7. The molecule has 0 spiro atoms. The summed E-state index contributed by atoms with van der Waals surface area (Å²) < 4.78 is 2.86. The van der Waals surface area contributed by atoms with Gasteiger partial charge in [0.25, 0.3) is 17.2 Å². The van der Waals surface area contributed by atoms with E-state index >= 15 is 0 Å². The number of imidazole rings is 1. The molecule has 0 aliphatic rings. The lowest BCUT2D eigenvalue weighted by Crippen LogP contribution is -2.30. The van der Waals surface area contributed by atoms with E-state index in [1.165, 1.54) is 0 Å². The van der Waals surface area contributed by atoms with Gasteiger partial charge in [0.1, 0.15) is 11.2 Å². The Morgan fingerprint density at radius 1 is 1.42 bits per heavy atom. The van der Waals surface area contributed by atoms with Gasteiger partial charge in [0.15, 0.2) is 0 Å². The Hall–Kier alpha value is -3.49. The predicted molar refractivity (Wildman–Crippen MR) is 84.9 cm³/mol. The fraction of sp³-hybridized carbons (Fsp3) is 0.133. The van der Waals surface area contributed by atoms with Gasteiger partial charge in [-0.15, -0.1) is 0 Å². The third kappa shape index (κ3) is 2.62. The third-order valence-electron chi connectivity index (χ3n) is 3.61. The fourth-order valence-electron chi connectivity index (χ4n) is 2.47. The number of nitrogens with zero attached hydrogens (tertiary/aromatic N) is 4. The Labute approximate surface area is 135 Å². The number of aryl methyl sites for hydroxylation is 1. The first kappa shape index (κ1) is 15.4.